The van der Waals surface area contributed by atoms with Crippen molar-refractivity contribution in [3.63, 3.8) is 0 Å². The second kappa shape index (κ2) is 4.61. The molecule has 2 fully saturated rings. The van der Waals surface area contributed by atoms with Crippen molar-refractivity contribution >= 4 is 6.09 Å². The summed E-state index contributed by atoms with van der Waals surface area (Å²) in [5, 5.41) is 9.88. The van der Waals surface area contributed by atoms with E-state index in [1.165, 1.54) is 0 Å². The van der Waals surface area contributed by atoms with E-state index in [1.807, 2.05) is 30.3 Å². The van der Waals surface area contributed by atoms with Gasteiger partial charge in [0.2, 0.25) is 0 Å². The molecule has 2 aliphatic rings. The van der Waals surface area contributed by atoms with Crippen molar-refractivity contribution in [3.05, 3.63) is 35.9 Å². The molecule has 3 rings (SSSR count). The van der Waals surface area contributed by atoms with Crippen LogP contribution in [0.2, 0.25) is 0 Å². The van der Waals surface area contributed by atoms with E-state index in [0.717, 1.165) is 18.4 Å². The third kappa shape index (κ3) is 1.97. The van der Waals surface area contributed by atoms with Gasteiger partial charge in [0.05, 0.1) is 12.1 Å². The first-order valence-corrected chi connectivity index (χ1v) is 6.41. The maximum atomic E-state index is 11.9. The fourth-order valence-electron chi connectivity index (χ4n) is 2.98. The molecule has 1 aromatic carbocycles. The number of amides is 1. The highest BCUT2D eigenvalue weighted by molar-refractivity contribution is 5.69. The topological polar surface area (TPSA) is 49.8 Å². The molecule has 1 aromatic rings. The van der Waals surface area contributed by atoms with Crippen LogP contribution in [0.4, 0.5) is 4.79 Å². The Labute approximate surface area is 106 Å². The third-order valence-electron chi connectivity index (χ3n) is 3.98. The zero-order valence-electron chi connectivity index (χ0n) is 10.2. The number of aliphatic hydroxyl groups excluding tert-OH is 1. The number of ether oxygens (including phenoxy) is 1. The quantitative estimate of drug-likeness (QED) is 0.866. The van der Waals surface area contributed by atoms with Gasteiger partial charge >= 0.3 is 6.09 Å². The zero-order chi connectivity index (χ0) is 12.5. The zero-order valence-corrected chi connectivity index (χ0v) is 10.2. The summed E-state index contributed by atoms with van der Waals surface area (Å²) in [6.07, 6.45) is 1.26. The van der Waals surface area contributed by atoms with Gasteiger partial charge in [-0.25, -0.2) is 4.79 Å². The van der Waals surface area contributed by atoms with Crippen molar-refractivity contribution in [2.45, 2.75) is 31.6 Å². The summed E-state index contributed by atoms with van der Waals surface area (Å²) in [5.74, 6) is 0.249. The number of benzene rings is 1. The number of hydrogen-bond acceptors (Lipinski definition) is 3. The Morgan fingerprint density at radius 1 is 1.33 bits per heavy atom. The molecule has 3 unspecified atom stereocenters. The second-order valence-corrected chi connectivity index (χ2v) is 5.09. The maximum absolute atomic E-state index is 11.9. The molecule has 1 N–H and O–H groups in total. The van der Waals surface area contributed by atoms with Crippen LogP contribution in [-0.4, -0.2) is 34.8 Å². The average molecular weight is 247 g/mol. The van der Waals surface area contributed by atoms with Crippen molar-refractivity contribution < 1.29 is 14.6 Å². The first-order valence-electron chi connectivity index (χ1n) is 6.41. The van der Waals surface area contributed by atoms with Crippen LogP contribution in [-0.2, 0) is 11.3 Å². The fourth-order valence-corrected chi connectivity index (χ4v) is 2.98. The molecule has 1 saturated heterocycles. The monoisotopic (exact) mass is 247 g/mol. The molecule has 0 aromatic heterocycles. The Bertz CT molecular complexity index is 434. The molecule has 0 spiro atoms. The van der Waals surface area contributed by atoms with Gasteiger partial charge in [0.25, 0.3) is 0 Å². The molecule has 2 bridgehead atoms. The standard InChI is InChI=1S/C14H17NO3/c16-13-11-6-7-12(13)15(8-11)14(17)18-9-10-4-2-1-3-5-10/h1-5,11-13,16H,6-9H2. The summed E-state index contributed by atoms with van der Waals surface area (Å²) >= 11 is 0. The lowest BCUT2D eigenvalue weighted by molar-refractivity contribution is 0.0741. The summed E-state index contributed by atoms with van der Waals surface area (Å²) in [5.41, 5.74) is 0.982. The first kappa shape index (κ1) is 11.5. The molecule has 1 aliphatic heterocycles. The summed E-state index contributed by atoms with van der Waals surface area (Å²) in [6.45, 7) is 0.934. The molecule has 1 saturated carbocycles. The van der Waals surface area contributed by atoms with Gasteiger partial charge in [0, 0.05) is 12.5 Å². The first-order chi connectivity index (χ1) is 8.75. The predicted octanol–water partition coefficient (Wildman–Crippen LogP) is 1.78. The average Bonchev–Trinajstić information content (AvgIpc) is 2.93. The molecule has 1 aliphatic carbocycles. The lowest BCUT2D eigenvalue weighted by atomic mass is 10.1. The molecule has 0 radical (unpaired) electrons. The van der Waals surface area contributed by atoms with Crippen molar-refractivity contribution in [1.82, 2.24) is 4.90 Å². The van der Waals surface area contributed by atoms with Crippen LogP contribution in [0.3, 0.4) is 0 Å². The number of carbonyl (C=O) groups is 1. The number of hydrogen-bond donors (Lipinski definition) is 1. The van der Waals surface area contributed by atoms with Gasteiger partial charge in [-0.15, -0.1) is 0 Å². The normalized spacial score (nSPS) is 29.6. The van der Waals surface area contributed by atoms with E-state index < -0.39 is 0 Å². The van der Waals surface area contributed by atoms with Crippen LogP contribution >= 0.6 is 0 Å². The SMILES string of the molecule is O=C(OCc1ccccc1)N1CC2CCC1C2O. The van der Waals surface area contributed by atoms with E-state index >= 15 is 0 Å². The minimum absolute atomic E-state index is 0.0294. The van der Waals surface area contributed by atoms with E-state index in [1.54, 1.807) is 4.90 Å². The second-order valence-electron chi connectivity index (χ2n) is 5.09. The number of rotatable bonds is 2. The maximum Gasteiger partial charge on any atom is 0.410 e. The van der Waals surface area contributed by atoms with Crippen LogP contribution in [0.25, 0.3) is 0 Å². The van der Waals surface area contributed by atoms with E-state index in [-0.39, 0.29) is 24.2 Å². The molecule has 1 heterocycles. The molecule has 3 atom stereocenters. The number of likely N-dealkylation sites (tertiary alicyclic amines) is 1. The number of carbonyl (C=O) groups excluding carboxylic acids is 1. The Hall–Kier alpha value is -1.55. The van der Waals surface area contributed by atoms with Gasteiger partial charge in [-0.05, 0) is 18.4 Å². The Morgan fingerprint density at radius 3 is 2.72 bits per heavy atom. The minimum Gasteiger partial charge on any atom is -0.445 e. The van der Waals surface area contributed by atoms with Gasteiger partial charge in [-0.1, -0.05) is 30.3 Å². The lowest BCUT2D eigenvalue weighted by Crippen LogP contribution is -2.39. The summed E-state index contributed by atoms with van der Waals surface area (Å²) in [7, 11) is 0. The molecule has 1 amide bonds. The molecular formula is C14H17NO3. The molecule has 96 valence electrons. The lowest BCUT2D eigenvalue weighted by Gasteiger charge is -2.25. The van der Waals surface area contributed by atoms with E-state index in [9.17, 15) is 9.90 Å². The largest absolute Gasteiger partial charge is 0.445 e. The highest BCUT2D eigenvalue weighted by Crippen LogP contribution is 2.38. The van der Waals surface area contributed by atoms with Crippen molar-refractivity contribution in [2.75, 3.05) is 6.54 Å². The van der Waals surface area contributed by atoms with Gasteiger partial charge in [0.15, 0.2) is 0 Å². The van der Waals surface area contributed by atoms with Crippen molar-refractivity contribution in [2.24, 2.45) is 5.92 Å². The number of fused-ring (bicyclic) bond motifs is 2. The van der Waals surface area contributed by atoms with E-state index in [4.69, 9.17) is 4.74 Å². The van der Waals surface area contributed by atoms with Crippen LogP contribution in [0, 0.1) is 5.92 Å². The molecule has 18 heavy (non-hydrogen) atoms. The predicted molar refractivity (Wildman–Crippen MR) is 65.9 cm³/mol. The Morgan fingerprint density at radius 2 is 2.11 bits per heavy atom. The number of piperidine rings is 1. The Balaban J connectivity index is 1.57. The molecule has 4 nitrogen and oxygen atoms in total. The van der Waals surface area contributed by atoms with E-state index in [2.05, 4.69) is 0 Å². The minimum atomic E-state index is -0.353. The summed E-state index contributed by atoms with van der Waals surface area (Å²) in [4.78, 5) is 13.6. The Kier molecular flexibility index (Phi) is 2.96. The molecular weight excluding hydrogens is 230 g/mol. The molecule has 4 heteroatoms. The van der Waals surface area contributed by atoms with Crippen molar-refractivity contribution in [1.29, 1.82) is 0 Å². The van der Waals surface area contributed by atoms with Gasteiger partial charge in [-0.3, -0.25) is 0 Å². The summed E-state index contributed by atoms with van der Waals surface area (Å²) in [6, 6.07) is 9.60. The third-order valence-corrected chi connectivity index (χ3v) is 3.98. The van der Waals surface area contributed by atoms with Crippen LogP contribution in [0.15, 0.2) is 30.3 Å². The fraction of sp³-hybridized carbons (Fsp3) is 0.500. The van der Waals surface area contributed by atoms with Crippen LogP contribution < -0.4 is 0 Å². The van der Waals surface area contributed by atoms with Crippen LogP contribution in [0.1, 0.15) is 18.4 Å². The summed E-state index contributed by atoms with van der Waals surface area (Å²) < 4.78 is 5.29. The smallest absolute Gasteiger partial charge is 0.410 e. The van der Waals surface area contributed by atoms with Gasteiger partial charge < -0.3 is 14.7 Å². The van der Waals surface area contributed by atoms with Crippen molar-refractivity contribution in [3.8, 4) is 0 Å². The number of aliphatic hydroxyl groups is 1. The highest BCUT2D eigenvalue weighted by atomic mass is 16.6. The van der Waals surface area contributed by atoms with E-state index in [0.29, 0.717) is 13.2 Å². The van der Waals surface area contributed by atoms with Gasteiger partial charge in [-0.2, -0.15) is 0 Å². The number of nitrogens with zero attached hydrogens (tertiary/aromatic N) is 1. The van der Waals surface area contributed by atoms with Gasteiger partial charge in [0.1, 0.15) is 6.61 Å². The van der Waals surface area contributed by atoms with Crippen LogP contribution in [0.5, 0.6) is 0 Å². The highest BCUT2D eigenvalue weighted by Gasteiger charge is 2.48.